The molecule has 0 aliphatic carbocycles. The van der Waals surface area contributed by atoms with Crippen LogP contribution < -0.4 is 10.5 Å². The largest absolute Gasteiger partial charge is 0.475 e. The first-order chi connectivity index (χ1) is 8.25. The zero-order valence-corrected chi connectivity index (χ0v) is 9.09. The molecule has 0 bridgehead atoms. The van der Waals surface area contributed by atoms with E-state index in [1.807, 2.05) is 42.5 Å². The molecule has 1 amide bonds. The molecule has 1 atom stereocenters. The number of amides is 1. The van der Waals surface area contributed by atoms with Gasteiger partial charge in [0.2, 0.25) is 0 Å². The zero-order valence-electron chi connectivity index (χ0n) is 9.09. The van der Waals surface area contributed by atoms with Crippen LogP contribution in [0.4, 0.5) is 0 Å². The van der Waals surface area contributed by atoms with E-state index in [2.05, 4.69) is 0 Å². The summed E-state index contributed by atoms with van der Waals surface area (Å²) in [5.74, 6) is 0.259. The number of carbonyl (C=O) groups excluding carboxylic acids is 1. The summed E-state index contributed by atoms with van der Waals surface area (Å²) in [6.07, 6.45) is 2.88. The van der Waals surface area contributed by atoms with Crippen LogP contribution in [0.2, 0.25) is 0 Å². The van der Waals surface area contributed by atoms with E-state index in [1.165, 1.54) is 0 Å². The van der Waals surface area contributed by atoms with Crippen LogP contribution in [0.25, 0.3) is 16.8 Å². The van der Waals surface area contributed by atoms with Crippen LogP contribution in [0, 0.1) is 0 Å². The Kier molecular flexibility index (Phi) is 2.11. The molecular weight excluding hydrogens is 214 g/mol. The summed E-state index contributed by atoms with van der Waals surface area (Å²) in [5.41, 5.74) is 6.23. The SMILES string of the molecule is NC(=O)C1C=Cc2ccc3ccccc3c2O1. The Labute approximate surface area is 98.5 Å². The summed E-state index contributed by atoms with van der Waals surface area (Å²) >= 11 is 0. The second kappa shape index (κ2) is 3.63. The molecule has 3 nitrogen and oxygen atoms in total. The summed E-state index contributed by atoms with van der Waals surface area (Å²) in [6.45, 7) is 0. The van der Waals surface area contributed by atoms with Crippen molar-refractivity contribution < 1.29 is 9.53 Å². The molecule has 2 aromatic carbocycles. The Hall–Kier alpha value is -2.29. The molecule has 0 aromatic heterocycles. The number of nitrogens with two attached hydrogens (primary N) is 1. The van der Waals surface area contributed by atoms with Gasteiger partial charge >= 0.3 is 0 Å². The number of ether oxygens (including phenoxy) is 1. The second-order valence-electron chi connectivity index (χ2n) is 4.00. The van der Waals surface area contributed by atoms with Crippen molar-refractivity contribution in [2.24, 2.45) is 5.73 Å². The Morgan fingerprint density at radius 1 is 1.18 bits per heavy atom. The van der Waals surface area contributed by atoms with Gasteiger partial charge in [-0.15, -0.1) is 0 Å². The lowest BCUT2D eigenvalue weighted by atomic mass is 10.0. The molecule has 1 aliphatic rings. The van der Waals surface area contributed by atoms with Crippen molar-refractivity contribution in [3.05, 3.63) is 48.0 Å². The Bertz CT molecular complexity index is 631. The molecule has 2 N–H and O–H groups in total. The van der Waals surface area contributed by atoms with Gasteiger partial charge < -0.3 is 10.5 Å². The average molecular weight is 225 g/mol. The van der Waals surface area contributed by atoms with E-state index in [1.54, 1.807) is 6.08 Å². The molecule has 3 heteroatoms. The van der Waals surface area contributed by atoms with Gasteiger partial charge in [0.25, 0.3) is 5.91 Å². The highest BCUT2D eigenvalue weighted by molar-refractivity contribution is 5.94. The number of carbonyl (C=O) groups is 1. The summed E-state index contributed by atoms with van der Waals surface area (Å²) < 4.78 is 5.65. The molecule has 1 unspecified atom stereocenters. The number of benzene rings is 2. The molecule has 0 saturated heterocycles. The number of hydrogen-bond donors (Lipinski definition) is 1. The summed E-state index contributed by atoms with van der Waals surface area (Å²) in [6, 6.07) is 11.9. The number of hydrogen-bond acceptors (Lipinski definition) is 2. The van der Waals surface area contributed by atoms with Crippen molar-refractivity contribution in [2.75, 3.05) is 0 Å². The van der Waals surface area contributed by atoms with E-state index in [9.17, 15) is 4.79 Å². The maximum Gasteiger partial charge on any atom is 0.262 e. The van der Waals surface area contributed by atoms with Crippen molar-refractivity contribution in [1.82, 2.24) is 0 Å². The summed E-state index contributed by atoms with van der Waals surface area (Å²) in [4.78, 5) is 11.1. The van der Waals surface area contributed by atoms with Crippen LogP contribution in [-0.4, -0.2) is 12.0 Å². The molecule has 1 aliphatic heterocycles. The monoisotopic (exact) mass is 225 g/mol. The lowest BCUT2D eigenvalue weighted by Gasteiger charge is -2.20. The minimum Gasteiger partial charge on any atom is -0.475 e. The van der Waals surface area contributed by atoms with Crippen LogP contribution in [0.3, 0.4) is 0 Å². The molecule has 2 aromatic rings. The Morgan fingerprint density at radius 2 is 2.00 bits per heavy atom. The van der Waals surface area contributed by atoms with Crippen LogP contribution >= 0.6 is 0 Å². The van der Waals surface area contributed by atoms with Gasteiger partial charge in [0.15, 0.2) is 6.10 Å². The van der Waals surface area contributed by atoms with Crippen molar-refractivity contribution in [3.8, 4) is 5.75 Å². The van der Waals surface area contributed by atoms with Crippen molar-refractivity contribution in [2.45, 2.75) is 6.10 Å². The van der Waals surface area contributed by atoms with Gasteiger partial charge in [0.1, 0.15) is 5.75 Å². The summed E-state index contributed by atoms with van der Waals surface area (Å²) in [7, 11) is 0. The molecule has 3 rings (SSSR count). The predicted octanol–water partition coefficient (Wildman–Crippen LogP) is 2.10. The van der Waals surface area contributed by atoms with Crippen molar-refractivity contribution in [3.63, 3.8) is 0 Å². The Balaban J connectivity index is 2.21. The van der Waals surface area contributed by atoms with Gasteiger partial charge in [0.05, 0.1) is 0 Å². The maximum absolute atomic E-state index is 11.1. The molecule has 0 spiro atoms. The standard InChI is InChI=1S/C14H11NO2/c15-14(16)12-8-7-10-6-5-9-3-1-2-4-11(9)13(10)17-12/h1-8,12H,(H2,15,16). The van der Waals surface area contributed by atoms with E-state index < -0.39 is 12.0 Å². The fourth-order valence-corrected chi connectivity index (χ4v) is 2.03. The fourth-order valence-electron chi connectivity index (χ4n) is 2.03. The smallest absolute Gasteiger partial charge is 0.262 e. The minimum atomic E-state index is -0.673. The predicted molar refractivity (Wildman–Crippen MR) is 66.6 cm³/mol. The lowest BCUT2D eigenvalue weighted by Crippen LogP contribution is -2.33. The van der Waals surface area contributed by atoms with Crippen LogP contribution in [0.15, 0.2) is 42.5 Å². The highest BCUT2D eigenvalue weighted by Crippen LogP contribution is 2.34. The molecule has 0 fully saturated rings. The fraction of sp³-hybridized carbons (Fsp3) is 0.0714. The highest BCUT2D eigenvalue weighted by Gasteiger charge is 2.20. The highest BCUT2D eigenvalue weighted by atomic mass is 16.5. The maximum atomic E-state index is 11.1. The normalized spacial score (nSPS) is 17.5. The second-order valence-corrected chi connectivity index (χ2v) is 4.00. The first-order valence-electron chi connectivity index (χ1n) is 5.41. The quantitative estimate of drug-likeness (QED) is 0.808. The Morgan fingerprint density at radius 3 is 2.82 bits per heavy atom. The van der Waals surface area contributed by atoms with E-state index >= 15 is 0 Å². The van der Waals surface area contributed by atoms with Crippen LogP contribution in [-0.2, 0) is 4.79 Å². The average Bonchev–Trinajstić information content (AvgIpc) is 2.38. The van der Waals surface area contributed by atoms with Crippen molar-refractivity contribution >= 4 is 22.8 Å². The first kappa shape index (κ1) is 9.90. The van der Waals surface area contributed by atoms with Gasteiger partial charge in [0, 0.05) is 10.9 Å². The van der Waals surface area contributed by atoms with Gasteiger partial charge in [-0.2, -0.15) is 0 Å². The van der Waals surface area contributed by atoms with Crippen LogP contribution in [0.1, 0.15) is 5.56 Å². The van der Waals surface area contributed by atoms with E-state index in [0.29, 0.717) is 0 Å². The molecule has 84 valence electrons. The van der Waals surface area contributed by atoms with E-state index in [4.69, 9.17) is 10.5 Å². The van der Waals surface area contributed by atoms with Gasteiger partial charge in [-0.05, 0) is 11.5 Å². The van der Waals surface area contributed by atoms with Gasteiger partial charge in [-0.1, -0.05) is 42.5 Å². The number of rotatable bonds is 1. The van der Waals surface area contributed by atoms with Gasteiger partial charge in [-0.3, -0.25) is 4.79 Å². The zero-order chi connectivity index (χ0) is 11.8. The lowest BCUT2D eigenvalue weighted by molar-refractivity contribution is -0.122. The third-order valence-corrected chi connectivity index (χ3v) is 2.89. The third kappa shape index (κ3) is 1.56. The van der Waals surface area contributed by atoms with Crippen molar-refractivity contribution in [1.29, 1.82) is 0 Å². The molecule has 0 radical (unpaired) electrons. The number of primary amides is 1. The molecule has 1 heterocycles. The molecule has 17 heavy (non-hydrogen) atoms. The van der Waals surface area contributed by atoms with Gasteiger partial charge in [-0.25, -0.2) is 0 Å². The third-order valence-electron chi connectivity index (χ3n) is 2.89. The molecular formula is C14H11NO2. The van der Waals surface area contributed by atoms with E-state index in [-0.39, 0.29) is 0 Å². The summed E-state index contributed by atoms with van der Waals surface area (Å²) in [5, 5.41) is 2.09. The number of fused-ring (bicyclic) bond motifs is 3. The first-order valence-corrected chi connectivity index (χ1v) is 5.41. The van der Waals surface area contributed by atoms with Crippen LogP contribution in [0.5, 0.6) is 5.75 Å². The minimum absolute atomic E-state index is 0.472. The molecule has 0 saturated carbocycles. The topological polar surface area (TPSA) is 52.3 Å². The van der Waals surface area contributed by atoms with E-state index in [0.717, 1.165) is 22.1 Å².